The van der Waals surface area contributed by atoms with E-state index in [-0.39, 0.29) is 11.4 Å². The van der Waals surface area contributed by atoms with E-state index in [0.717, 1.165) is 17.7 Å². The zero-order chi connectivity index (χ0) is 14.5. The quantitative estimate of drug-likeness (QED) is 0.825. The van der Waals surface area contributed by atoms with Crippen molar-refractivity contribution in [2.24, 2.45) is 5.73 Å². The van der Waals surface area contributed by atoms with E-state index in [4.69, 9.17) is 5.73 Å². The number of carbonyl (C=O) groups excluding carboxylic acids is 1. The van der Waals surface area contributed by atoms with Crippen LogP contribution in [0, 0.1) is 6.92 Å². The van der Waals surface area contributed by atoms with Crippen LogP contribution in [0.3, 0.4) is 0 Å². The lowest BCUT2D eigenvalue weighted by Crippen LogP contribution is -2.51. The van der Waals surface area contributed by atoms with E-state index in [2.05, 4.69) is 19.2 Å². The maximum Gasteiger partial charge on any atom is 0.238 e. The van der Waals surface area contributed by atoms with Crippen molar-refractivity contribution in [2.75, 3.05) is 25.5 Å². The molecule has 1 rings (SSSR count). The van der Waals surface area contributed by atoms with Crippen LogP contribution in [-0.2, 0) is 4.79 Å². The number of hydrogen-bond donors (Lipinski definition) is 2. The minimum absolute atomic E-state index is 0.0128. The molecule has 4 nitrogen and oxygen atoms in total. The van der Waals surface area contributed by atoms with Crippen molar-refractivity contribution in [2.45, 2.75) is 32.7 Å². The average molecular weight is 263 g/mol. The lowest BCUT2D eigenvalue weighted by molar-refractivity contribution is -0.118. The van der Waals surface area contributed by atoms with Gasteiger partial charge in [0, 0.05) is 17.8 Å². The van der Waals surface area contributed by atoms with Gasteiger partial charge in [0.05, 0.1) is 6.54 Å². The molecule has 1 amide bonds. The Morgan fingerprint density at radius 2 is 2.16 bits per heavy atom. The third-order valence-corrected chi connectivity index (χ3v) is 3.81. The zero-order valence-electron chi connectivity index (χ0n) is 12.4. The number of aryl methyl sites for hydroxylation is 1. The summed E-state index contributed by atoms with van der Waals surface area (Å²) < 4.78 is 0. The summed E-state index contributed by atoms with van der Waals surface area (Å²) in [7, 11) is 1.94. The highest BCUT2D eigenvalue weighted by atomic mass is 16.2. The Balaban J connectivity index is 2.61. The van der Waals surface area contributed by atoms with Gasteiger partial charge >= 0.3 is 0 Å². The Morgan fingerprint density at radius 3 is 2.68 bits per heavy atom. The Morgan fingerprint density at radius 1 is 1.47 bits per heavy atom. The van der Waals surface area contributed by atoms with Crippen molar-refractivity contribution in [3.05, 3.63) is 29.8 Å². The van der Waals surface area contributed by atoms with E-state index in [1.54, 1.807) is 0 Å². The molecule has 0 fully saturated rings. The van der Waals surface area contributed by atoms with Crippen LogP contribution in [0.25, 0.3) is 0 Å². The lowest BCUT2D eigenvalue weighted by atomic mass is 9.97. The number of anilines is 1. The molecule has 1 unspecified atom stereocenters. The van der Waals surface area contributed by atoms with Crippen LogP contribution in [0.5, 0.6) is 0 Å². The summed E-state index contributed by atoms with van der Waals surface area (Å²) in [5, 5.41) is 2.91. The molecule has 0 aliphatic carbocycles. The first-order chi connectivity index (χ1) is 8.91. The van der Waals surface area contributed by atoms with Gasteiger partial charge in [-0.3, -0.25) is 9.69 Å². The Labute approximate surface area is 116 Å². The van der Waals surface area contributed by atoms with Gasteiger partial charge in [-0.05, 0) is 45.0 Å². The zero-order valence-corrected chi connectivity index (χ0v) is 12.4. The van der Waals surface area contributed by atoms with Gasteiger partial charge < -0.3 is 11.1 Å². The van der Waals surface area contributed by atoms with Crippen molar-refractivity contribution < 1.29 is 4.79 Å². The maximum absolute atomic E-state index is 12.0. The molecule has 1 aromatic rings. The van der Waals surface area contributed by atoms with Crippen LogP contribution in [0.4, 0.5) is 5.69 Å². The molecular weight excluding hydrogens is 238 g/mol. The summed E-state index contributed by atoms with van der Waals surface area (Å²) in [6, 6.07) is 7.79. The number of benzene rings is 1. The van der Waals surface area contributed by atoms with E-state index in [0.29, 0.717) is 13.1 Å². The largest absolute Gasteiger partial charge is 0.329 e. The number of carbonyl (C=O) groups is 1. The first-order valence-electron chi connectivity index (χ1n) is 6.69. The molecular formula is C15H25N3O. The topological polar surface area (TPSA) is 58.4 Å². The fraction of sp³-hybridized carbons (Fsp3) is 0.533. The van der Waals surface area contributed by atoms with Gasteiger partial charge in [0.25, 0.3) is 0 Å². The van der Waals surface area contributed by atoms with Crippen LogP contribution in [-0.4, -0.2) is 36.5 Å². The molecule has 1 atom stereocenters. The molecule has 0 spiro atoms. The van der Waals surface area contributed by atoms with Crippen LogP contribution < -0.4 is 11.1 Å². The number of nitrogens with two attached hydrogens (primary N) is 1. The molecule has 0 saturated carbocycles. The molecule has 0 aliphatic rings. The van der Waals surface area contributed by atoms with Gasteiger partial charge in [0.15, 0.2) is 0 Å². The van der Waals surface area contributed by atoms with E-state index in [1.807, 2.05) is 43.1 Å². The smallest absolute Gasteiger partial charge is 0.238 e. The average Bonchev–Trinajstić information content (AvgIpc) is 2.37. The van der Waals surface area contributed by atoms with Gasteiger partial charge in [0.2, 0.25) is 5.91 Å². The van der Waals surface area contributed by atoms with Crippen molar-refractivity contribution in [1.29, 1.82) is 0 Å². The predicted octanol–water partition coefficient (Wildman–Crippen LogP) is 1.99. The van der Waals surface area contributed by atoms with Crippen LogP contribution in [0.1, 0.15) is 25.8 Å². The van der Waals surface area contributed by atoms with Gasteiger partial charge in [-0.25, -0.2) is 0 Å². The molecule has 106 valence electrons. The summed E-state index contributed by atoms with van der Waals surface area (Å²) >= 11 is 0. The fourth-order valence-electron chi connectivity index (χ4n) is 1.90. The van der Waals surface area contributed by atoms with Gasteiger partial charge in [-0.15, -0.1) is 0 Å². The highest BCUT2D eigenvalue weighted by molar-refractivity contribution is 5.92. The normalized spacial score (nSPS) is 14.2. The Kier molecular flexibility index (Phi) is 5.51. The fourth-order valence-corrected chi connectivity index (χ4v) is 1.90. The molecule has 4 heteroatoms. The van der Waals surface area contributed by atoms with Crippen LogP contribution in [0.15, 0.2) is 24.3 Å². The van der Waals surface area contributed by atoms with Gasteiger partial charge in [0.1, 0.15) is 0 Å². The van der Waals surface area contributed by atoms with Crippen molar-refractivity contribution in [1.82, 2.24) is 4.90 Å². The van der Waals surface area contributed by atoms with Gasteiger partial charge in [-0.2, -0.15) is 0 Å². The molecule has 19 heavy (non-hydrogen) atoms. The minimum atomic E-state index is -0.135. The standard InChI is InChI=1S/C15H25N3O/c1-5-15(3,11-16)18(4)10-14(19)17-13-8-6-7-12(2)9-13/h6-9H,5,10-11,16H2,1-4H3,(H,17,19). The Hall–Kier alpha value is -1.39. The van der Waals surface area contributed by atoms with Crippen LogP contribution in [0.2, 0.25) is 0 Å². The highest BCUT2D eigenvalue weighted by Gasteiger charge is 2.26. The second-order valence-electron chi connectivity index (χ2n) is 5.33. The summed E-state index contributed by atoms with van der Waals surface area (Å²) in [5.74, 6) is -0.0128. The number of likely N-dealkylation sites (N-methyl/N-ethyl adjacent to an activating group) is 1. The number of nitrogens with zero attached hydrogens (tertiary/aromatic N) is 1. The van der Waals surface area contributed by atoms with E-state index >= 15 is 0 Å². The molecule has 3 N–H and O–H groups in total. The lowest BCUT2D eigenvalue weighted by Gasteiger charge is -2.36. The van der Waals surface area contributed by atoms with Crippen molar-refractivity contribution in [3.8, 4) is 0 Å². The monoisotopic (exact) mass is 263 g/mol. The number of hydrogen-bond acceptors (Lipinski definition) is 3. The summed E-state index contributed by atoms with van der Waals surface area (Å²) in [6.45, 7) is 7.05. The molecule has 0 aliphatic heterocycles. The molecule has 0 aromatic heterocycles. The first kappa shape index (κ1) is 15.7. The van der Waals surface area contributed by atoms with E-state index in [1.165, 1.54) is 0 Å². The number of rotatable bonds is 6. The second-order valence-corrected chi connectivity index (χ2v) is 5.33. The molecule has 1 aromatic carbocycles. The van der Waals surface area contributed by atoms with Gasteiger partial charge in [-0.1, -0.05) is 19.1 Å². The van der Waals surface area contributed by atoms with Crippen LogP contribution >= 0.6 is 0 Å². The van der Waals surface area contributed by atoms with Crippen molar-refractivity contribution in [3.63, 3.8) is 0 Å². The van der Waals surface area contributed by atoms with E-state index in [9.17, 15) is 4.79 Å². The molecule has 0 bridgehead atoms. The number of amides is 1. The first-order valence-corrected chi connectivity index (χ1v) is 6.69. The number of nitrogens with one attached hydrogen (secondary N) is 1. The third kappa shape index (κ3) is 4.33. The summed E-state index contributed by atoms with van der Waals surface area (Å²) in [5.41, 5.74) is 7.63. The second kappa shape index (κ2) is 6.68. The molecule has 0 radical (unpaired) electrons. The van der Waals surface area contributed by atoms with E-state index < -0.39 is 0 Å². The highest BCUT2D eigenvalue weighted by Crippen LogP contribution is 2.16. The third-order valence-electron chi connectivity index (χ3n) is 3.81. The van der Waals surface area contributed by atoms with Crippen molar-refractivity contribution >= 4 is 11.6 Å². The maximum atomic E-state index is 12.0. The predicted molar refractivity (Wildman–Crippen MR) is 80.2 cm³/mol. The minimum Gasteiger partial charge on any atom is -0.329 e. The molecule has 0 heterocycles. The Bertz CT molecular complexity index is 427. The summed E-state index contributed by atoms with van der Waals surface area (Å²) in [4.78, 5) is 14.0. The SMILES string of the molecule is CCC(C)(CN)N(C)CC(=O)Nc1cccc(C)c1. The molecule has 0 saturated heterocycles. The summed E-state index contributed by atoms with van der Waals surface area (Å²) in [6.07, 6.45) is 0.914.